The molecule has 1 aliphatic rings. The van der Waals surface area contributed by atoms with Crippen LogP contribution in [0.1, 0.15) is 29.8 Å². The van der Waals surface area contributed by atoms with E-state index in [1.165, 1.54) is 0 Å². The monoisotopic (exact) mass is 482 g/mol. The molecule has 0 atom stereocenters. The summed E-state index contributed by atoms with van der Waals surface area (Å²) >= 11 is 0. The predicted molar refractivity (Wildman–Crippen MR) is 143 cm³/mol. The number of pyridine rings is 1. The number of nitrogens with one attached hydrogen (secondary N) is 1. The third-order valence-corrected chi connectivity index (χ3v) is 6.03. The quantitative estimate of drug-likeness (QED) is 0.343. The summed E-state index contributed by atoms with van der Waals surface area (Å²) in [5.41, 5.74) is 4.64. The molecule has 1 saturated heterocycles. The first-order valence-electron chi connectivity index (χ1n) is 11.9. The maximum atomic E-state index is 12.8. The van der Waals surface area contributed by atoms with Crippen molar-refractivity contribution in [3.05, 3.63) is 66.1 Å². The summed E-state index contributed by atoms with van der Waals surface area (Å²) in [5, 5.41) is 7.84. The summed E-state index contributed by atoms with van der Waals surface area (Å²) in [7, 11) is 2.07. The molecular formula is C27H30N8O. The fourth-order valence-electron chi connectivity index (χ4n) is 3.94. The summed E-state index contributed by atoms with van der Waals surface area (Å²) in [6.45, 7) is 7.88. The number of terminal acetylenes is 1. The Kier molecular flexibility index (Phi) is 7.88. The van der Waals surface area contributed by atoms with Gasteiger partial charge in [-0.05, 0) is 57.3 Å². The Bertz CT molecular complexity index is 1290. The summed E-state index contributed by atoms with van der Waals surface area (Å²) in [6.07, 6.45) is 10.9. The van der Waals surface area contributed by atoms with Crippen molar-refractivity contribution in [2.45, 2.75) is 20.4 Å². The Hall–Kier alpha value is -4.29. The number of amides is 1. The van der Waals surface area contributed by atoms with E-state index in [1.807, 2.05) is 53.9 Å². The average molecular weight is 483 g/mol. The van der Waals surface area contributed by atoms with Crippen molar-refractivity contribution in [1.29, 1.82) is 0 Å². The van der Waals surface area contributed by atoms with E-state index in [4.69, 9.17) is 6.42 Å². The number of nitrogens with zero attached hydrogens (tertiary/aromatic N) is 7. The Morgan fingerprint density at radius 3 is 2.56 bits per heavy atom. The van der Waals surface area contributed by atoms with E-state index in [-0.39, 0.29) is 11.9 Å². The van der Waals surface area contributed by atoms with E-state index < -0.39 is 0 Å². The van der Waals surface area contributed by atoms with Crippen LogP contribution in [0.15, 0.2) is 65.0 Å². The molecule has 36 heavy (non-hydrogen) atoms. The van der Waals surface area contributed by atoms with Crippen LogP contribution in [-0.4, -0.2) is 75.4 Å². The molecule has 0 spiro atoms. The topological polar surface area (TPSA) is 91.0 Å². The number of likely N-dealkylation sites (N-methyl/N-ethyl adjacent to an activating group) is 1. The minimum atomic E-state index is 0.0388. The predicted octanol–water partition coefficient (Wildman–Crippen LogP) is 3.22. The fraction of sp³-hybridized carbons (Fsp3) is 0.296. The second-order valence-electron chi connectivity index (χ2n) is 8.55. The highest BCUT2D eigenvalue weighted by molar-refractivity contribution is 6.11. The zero-order valence-corrected chi connectivity index (χ0v) is 20.8. The van der Waals surface area contributed by atoms with Crippen LogP contribution in [0.4, 0.5) is 5.69 Å². The van der Waals surface area contributed by atoms with Gasteiger partial charge in [-0.3, -0.25) is 14.5 Å². The van der Waals surface area contributed by atoms with Crippen molar-refractivity contribution >= 4 is 23.3 Å². The van der Waals surface area contributed by atoms with Gasteiger partial charge >= 0.3 is 0 Å². The molecule has 3 heterocycles. The largest absolute Gasteiger partial charge is 0.336 e. The van der Waals surface area contributed by atoms with Gasteiger partial charge in [-0.1, -0.05) is 6.42 Å². The van der Waals surface area contributed by atoms with E-state index in [9.17, 15) is 4.79 Å². The lowest BCUT2D eigenvalue weighted by molar-refractivity contribution is 0.0664. The zero-order valence-electron chi connectivity index (χ0n) is 20.8. The normalized spacial score (nSPS) is 15.0. The van der Waals surface area contributed by atoms with Gasteiger partial charge in [0.2, 0.25) is 5.96 Å². The number of guanidine groups is 1. The van der Waals surface area contributed by atoms with Crippen LogP contribution in [0.2, 0.25) is 0 Å². The van der Waals surface area contributed by atoms with Gasteiger partial charge in [0.1, 0.15) is 5.69 Å². The van der Waals surface area contributed by atoms with Gasteiger partial charge < -0.3 is 15.1 Å². The van der Waals surface area contributed by atoms with Crippen LogP contribution in [-0.2, 0) is 6.54 Å². The zero-order chi connectivity index (χ0) is 25.5. The first-order chi connectivity index (χ1) is 17.5. The van der Waals surface area contributed by atoms with Crippen LogP contribution in [0.3, 0.4) is 0 Å². The summed E-state index contributed by atoms with van der Waals surface area (Å²) < 4.78 is 1.86. The van der Waals surface area contributed by atoms with Crippen LogP contribution in [0.25, 0.3) is 11.3 Å². The van der Waals surface area contributed by atoms with Gasteiger partial charge in [-0.2, -0.15) is 10.1 Å². The van der Waals surface area contributed by atoms with Crippen LogP contribution < -0.4 is 5.32 Å². The number of hydrogen-bond acceptors (Lipinski definition) is 5. The Labute approximate surface area is 211 Å². The highest BCUT2D eigenvalue weighted by Gasteiger charge is 2.20. The molecule has 1 N–H and O–H groups in total. The molecule has 1 aromatic carbocycles. The van der Waals surface area contributed by atoms with Gasteiger partial charge in [0.05, 0.1) is 5.71 Å². The van der Waals surface area contributed by atoms with Gasteiger partial charge in [-0.15, -0.1) is 0 Å². The number of hydrogen-bond donors (Lipinski definition) is 1. The molecule has 2 aromatic heterocycles. The molecule has 0 radical (unpaired) electrons. The number of anilines is 1. The average Bonchev–Trinajstić information content (AvgIpc) is 3.35. The summed E-state index contributed by atoms with van der Waals surface area (Å²) in [6, 6.07) is 13.4. The van der Waals surface area contributed by atoms with Gasteiger partial charge in [0.25, 0.3) is 5.91 Å². The first-order valence-corrected chi connectivity index (χ1v) is 11.9. The number of benzene rings is 1. The minimum absolute atomic E-state index is 0.0388. The maximum Gasteiger partial charge on any atom is 0.253 e. The van der Waals surface area contributed by atoms with Crippen molar-refractivity contribution in [1.82, 2.24) is 24.6 Å². The maximum absolute atomic E-state index is 12.8. The molecular weight excluding hydrogens is 452 g/mol. The molecule has 0 bridgehead atoms. The van der Waals surface area contributed by atoms with E-state index in [1.54, 1.807) is 24.5 Å². The van der Waals surface area contributed by atoms with Crippen LogP contribution in [0, 0.1) is 12.5 Å². The summed E-state index contributed by atoms with van der Waals surface area (Å²) in [5.74, 6) is 0.312. The van der Waals surface area contributed by atoms with Crippen LogP contribution >= 0.6 is 0 Å². The molecule has 0 aliphatic carbocycles. The molecule has 1 fully saturated rings. The van der Waals surface area contributed by atoms with Crippen molar-refractivity contribution in [2.24, 2.45) is 9.98 Å². The Morgan fingerprint density at radius 1 is 1.17 bits per heavy atom. The molecule has 1 amide bonds. The van der Waals surface area contributed by atoms with Gasteiger partial charge in [0, 0.05) is 79.7 Å². The Morgan fingerprint density at radius 2 is 1.92 bits per heavy atom. The van der Waals surface area contributed by atoms with Crippen LogP contribution in [0.5, 0.6) is 0 Å². The second-order valence-corrected chi connectivity index (χ2v) is 8.55. The molecule has 4 rings (SSSR count). The SMILES string of the molecule is C#CN=C(N=C(C)c1cn(CC)nc1-c1cccnc1)Nc1ccc(C(=O)N2CCN(C)CC2)cc1. The number of rotatable bonds is 5. The number of carbonyl (C=O) groups is 1. The third kappa shape index (κ3) is 5.85. The lowest BCUT2D eigenvalue weighted by Crippen LogP contribution is -2.47. The number of aromatic nitrogens is 3. The number of aryl methyl sites for hydroxylation is 1. The van der Waals surface area contributed by atoms with E-state index >= 15 is 0 Å². The fourth-order valence-corrected chi connectivity index (χ4v) is 3.94. The smallest absolute Gasteiger partial charge is 0.253 e. The molecule has 184 valence electrons. The third-order valence-electron chi connectivity index (χ3n) is 6.03. The number of aliphatic imine (C=N–C) groups is 2. The molecule has 0 saturated carbocycles. The van der Waals surface area contributed by atoms with E-state index in [0.717, 1.165) is 55.2 Å². The number of piperazine rings is 1. The molecule has 9 heteroatoms. The lowest BCUT2D eigenvalue weighted by atomic mass is 10.1. The van der Waals surface area contributed by atoms with Crippen molar-refractivity contribution in [3.63, 3.8) is 0 Å². The van der Waals surface area contributed by atoms with Crippen molar-refractivity contribution in [3.8, 4) is 23.7 Å². The summed E-state index contributed by atoms with van der Waals surface area (Å²) in [4.78, 5) is 29.9. The van der Waals surface area contributed by atoms with Gasteiger partial charge in [0.15, 0.2) is 0 Å². The van der Waals surface area contributed by atoms with E-state index in [0.29, 0.717) is 11.3 Å². The molecule has 0 unspecified atom stereocenters. The molecule has 3 aromatic rings. The second kappa shape index (κ2) is 11.4. The standard InChI is InChI=1S/C27H30N8O/c1-5-29-27(30-20(3)24-19-35(6-2)32-25(24)22-8-7-13-28-18-22)31-23-11-9-21(10-12-23)26(36)34-16-14-33(4)15-17-34/h1,7-13,18-19H,6,14-17H2,2-4H3,(H,29,31). The van der Waals surface area contributed by atoms with Crippen molar-refractivity contribution < 1.29 is 4.79 Å². The number of carbonyl (C=O) groups excluding carboxylic acids is 1. The molecule has 9 nitrogen and oxygen atoms in total. The Balaban J connectivity index is 1.53. The minimum Gasteiger partial charge on any atom is -0.336 e. The van der Waals surface area contributed by atoms with Crippen molar-refractivity contribution in [2.75, 3.05) is 38.5 Å². The molecule has 1 aliphatic heterocycles. The first kappa shape index (κ1) is 24.8. The van der Waals surface area contributed by atoms with Gasteiger partial charge in [-0.25, -0.2) is 4.99 Å². The van der Waals surface area contributed by atoms with E-state index in [2.05, 4.69) is 43.4 Å². The highest BCUT2D eigenvalue weighted by Crippen LogP contribution is 2.22. The highest BCUT2D eigenvalue weighted by atomic mass is 16.2. The lowest BCUT2D eigenvalue weighted by Gasteiger charge is -2.32.